The van der Waals surface area contributed by atoms with Gasteiger partial charge in [-0.2, -0.15) is 10.1 Å². The first-order valence-electron chi connectivity index (χ1n) is 8.00. The summed E-state index contributed by atoms with van der Waals surface area (Å²) in [6.45, 7) is 0. The zero-order chi connectivity index (χ0) is 16.8. The molecule has 1 N–H and O–H groups in total. The van der Waals surface area contributed by atoms with Crippen LogP contribution in [-0.4, -0.2) is 32.5 Å². The topological polar surface area (TPSA) is 84.3 Å². The van der Waals surface area contributed by atoms with Crippen LogP contribution >= 0.6 is 11.6 Å². The van der Waals surface area contributed by atoms with E-state index in [9.17, 15) is 14.4 Å². The van der Waals surface area contributed by atoms with E-state index < -0.39 is 5.91 Å². The average molecular weight is 347 g/mol. The number of hydrogen-bond donors (Lipinski definition) is 1. The maximum Gasteiger partial charge on any atom is 0.292 e. The number of imide groups is 1. The SMILES string of the molecule is Cn1cc(Cl)c(C(=O)NN2C(=O)[C@@H]3[C@H](C2=O)[C@H]2C=C[C@@H]3C23CC3)n1. The fraction of sp³-hybridized carbons (Fsp3) is 0.500. The van der Waals surface area contributed by atoms with Crippen LogP contribution in [-0.2, 0) is 16.6 Å². The summed E-state index contributed by atoms with van der Waals surface area (Å²) in [5, 5.41) is 5.01. The number of hydrazine groups is 1. The molecular formula is C16H15ClN4O3. The molecule has 2 bridgehead atoms. The smallest absolute Gasteiger partial charge is 0.273 e. The van der Waals surface area contributed by atoms with Gasteiger partial charge in [0, 0.05) is 13.2 Å². The number of fused-ring (bicyclic) bond motifs is 3. The molecule has 5 rings (SSSR count). The first-order valence-corrected chi connectivity index (χ1v) is 8.38. The lowest BCUT2D eigenvalue weighted by Gasteiger charge is -2.21. The highest BCUT2D eigenvalue weighted by Gasteiger charge is 2.73. The molecule has 0 radical (unpaired) electrons. The molecule has 1 aromatic heterocycles. The van der Waals surface area contributed by atoms with Crippen LogP contribution in [0.3, 0.4) is 0 Å². The Morgan fingerprint density at radius 2 is 1.83 bits per heavy atom. The number of carbonyl (C=O) groups excluding carboxylic acids is 3. The van der Waals surface area contributed by atoms with Gasteiger partial charge in [-0.1, -0.05) is 23.8 Å². The van der Waals surface area contributed by atoms with Crippen LogP contribution in [0.5, 0.6) is 0 Å². The van der Waals surface area contributed by atoms with E-state index in [1.807, 2.05) is 0 Å². The molecule has 2 saturated carbocycles. The molecule has 4 atom stereocenters. The van der Waals surface area contributed by atoms with Crippen molar-refractivity contribution in [1.82, 2.24) is 20.2 Å². The molecule has 1 aliphatic heterocycles. The summed E-state index contributed by atoms with van der Waals surface area (Å²) in [5.41, 5.74) is 2.54. The van der Waals surface area contributed by atoms with E-state index in [2.05, 4.69) is 22.7 Å². The molecule has 3 fully saturated rings. The summed E-state index contributed by atoms with van der Waals surface area (Å²) < 4.78 is 1.40. The van der Waals surface area contributed by atoms with Crippen molar-refractivity contribution in [2.45, 2.75) is 12.8 Å². The van der Waals surface area contributed by atoms with Gasteiger partial charge in [0.15, 0.2) is 5.69 Å². The van der Waals surface area contributed by atoms with Crippen molar-refractivity contribution in [2.75, 3.05) is 0 Å². The Morgan fingerprint density at radius 3 is 2.29 bits per heavy atom. The fourth-order valence-corrected chi connectivity index (χ4v) is 5.22. The third-order valence-corrected chi connectivity index (χ3v) is 6.34. The maximum absolute atomic E-state index is 12.8. The molecule has 4 aliphatic rings. The lowest BCUT2D eigenvalue weighted by molar-refractivity contribution is -0.144. The highest BCUT2D eigenvalue weighted by atomic mass is 35.5. The molecule has 24 heavy (non-hydrogen) atoms. The van der Waals surface area contributed by atoms with E-state index in [0.29, 0.717) is 0 Å². The van der Waals surface area contributed by atoms with Crippen LogP contribution in [0.15, 0.2) is 18.3 Å². The van der Waals surface area contributed by atoms with E-state index >= 15 is 0 Å². The van der Waals surface area contributed by atoms with Gasteiger partial charge in [-0.05, 0) is 30.1 Å². The number of halogens is 1. The minimum Gasteiger partial charge on any atom is -0.273 e. The highest BCUT2D eigenvalue weighted by Crippen LogP contribution is 2.73. The Labute approximate surface area is 142 Å². The molecule has 2 heterocycles. The van der Waals surface area contributed by atoms with Gasteiger partial charge in [0.2, 0.25) is 0 Å². The fourth-order valence-electron chi connectivity index (χ4n) is 4.96. The molecule has 124 valence electrons. The number of aromatic nitrogens is 2. The van der Waals surface area contributed by atoms with E-state index in [-0.39, 0.29) is 51.6 Å². The second-order valence-electron chi connectivity index (χ2n) is 7.17. The second-order valence-corrected chi connectivity index (χ2v) is 7.58. The van der Waals surface area contributed by atoms with Crippen molar-refractivity contribution in [3.63, 3.8) is 0 Å². The number of aryl methyl sites for hydroxylation is 1. The van der Waals surface area contributed by atoms with Gasteiger partial charge in [-0.15, -0.1) is 0 Å². The van der Waals surface area contributed by atoms with Crippen molar-refractivity contribution in [1.29, 1.82) is 0 Å². The minimum absolute atomic E-state index is 0.00316. The first kappa shape index (κ1) is 14.2. The van der Waals surface area contributed by atoms with Gasteiger partial charge in [-0.3, -0.25) is 24.5 Å². The van der Waals surface area contributed by atoms with E-state index in [1.54, 1.807) is 7.05 Å². The lowest BCUT2D eigenvalue weighted by atomic mass is 9.85. The number of rotatable bonds is 2. The summed E-state index contributed by atoms with van der Waals surface area (Å²) in [6.07, 6.45) is 7.83. The molecule has 7 nitrogen and oxygen atoms in total. The average Bonchev–Trinajstić information content (AvgIpc) is 2.99. The number of nitrogens with zero attached hydrogens (tertiary/aromatic N) is 3. The van der Waals surface area contributed by atoms with Crippen LogP contribution in [0.4, 0.5) is 0 Å². The Morgan fingerprint density at radius 1 is 1.25 bits per heavy atom. The van der Waals surface area contributed by atoms with Gasteiger partial charge in [0.1, 0.15) is 0 Å². The highest BCUT2D eigenvalue weighted by molar-refractivity contribution is 6.33. The molecule has 3 amide bonds. The third kappa shape index (κ3) is 1.53. The summed E-state index contributed by atoms with van der Waals surface area (Å²) in [4.78, 5) is 37.8. The van der Waals surface area contributed by atoms with Crippen LogP contribution in [0.1, 0.15) is 23.3 Å². The largest absolute Gasteiger partial charge is 0.292 e. The predicted octanol–water partition coefficient (Wildman–Crippen LogP) is 0.915. The van der Waals surface area contributed by atoms with Gasteiger partial charge < -0.3 is 0 Å². The summed E-state index contributed by atoms with van der Waals surface area (Å²) in [6, 6.07) is 0. The van der Waals surface area contributed by atoms with Crippen molar-refractivity contribution < 1.29 is 14.4 Å². The van der Waals surface area contributed by atoms with Crippen LogP contribution < -0.4 is 5.43 Å². The Balaban J connectivity index is 1.42. The van der Waals surface area contributed by atoms with Crippen LogP contribution in [0.25, 0.3) is 0 Å². The van der Waals surface area contributed by atoms with Gasteiger partial charge >= 0.3 is 0 Å². The van der Waals surface area contributed by atoms with Crippen molar-refractivity contribution in [3.8, 4) is 0 Å². The first-order chi connectivity index (χ1) is 11.4. The number of hydrogen-bond acceptors (Lipinski definition) is 4. The number of carbonyl (C=O) groups is 3. The third-order valence-electron chi connectivity index (χ3n) is 6.07. The Kier molecular flexibility index (Phi) is 2.53. The minimum atomic E-state index is -0.649. The van der Waals surface area contributed by atoms with E-state index in [4.69, 9.17) is 11.6 Å². The Hall–Kier alpha value is -2.15. The lowest BCUT2D eigenvalue weighted by Crippen LogP contribution is -2.48. The van der Waals surface area contributed by atoms with E-state index in [0.717, 1.165) is 17.9 Å². The normalized spacial score (nSPS) is 34.3. The van der Waals surface area contributed by atoms with Crippen molar-refractivity contribution >= 4 is 29.3 Å². The molecule has 0 aromatic carbocycles. The zero-order valence-electron chi connectivity index (χ0n) is 12.9. The predicted molar refractivity (Wildman–Crippen MR) is 82.3 cm³/mol. The molecule has 1 aromatic rings. The van der Waals surface area contributed by atoms with Crippen LogP contribution in [0, 0.1) is 29.1 Å². The van der Waals surface area contributed by atoms with Crippen molar-refractivity contribution in [3.05, 3.63) is 29.1 Å². The second kappa shape index (κ2) is 4.27. The van der Waals surface area contributed by atoms with Gasteiger partial charge in [-0.25, -0.2) is 0 Å². The molecule has 3 aliphatic carbocycles. The maximum atomic E-state index is 12.8. The molecule has 1 spiro atoms. The zero-order valence-corrected chi connectivity index (χ0v) is 13.7. The quantitative estimate of drug-likeness (QED) is 0.637. The van der Waals surface area contributed by atoms with Crippen LogP contribution in [0.2, 0.25) is 5.02 Å². The molecular weight excluding hydrogens is 332 g/mol. The summed E-state index contributed by atoms with van der Waals surface area (Å²) in [5.74, 6) is -1.69. The molecule has 8 heteroatoms. The van der Waals surface area contributed by atoms with Gasteiger partial charge in [0.05, 0.1) is 16.9 Å². The van der Waals surface area contributed by atoms with E-state index in [1.165, 1.54) is 10.9 Å². The number of nitrogens with one attached hydrogen (secondary N) is 1. The molecule has 1 saturated heterocycles. The molecule has 0 unspecified atom stereocenters. The Bertz CT molecular complexity index is 806. The summed E-state index contributed by atoms with van der Waals surface area (Å²) in [7, 11) is 1.64. The number of allylic oxidation sites excluding steroid dienone is 2. The van der Waals surface area contributed by atoms with Gasteiger partial charge in [0.25, 0.3) is 17.7 Å². The standard InChI is InChI=1S/C16H15ClN4O3/c1-20-6-9(17)12(18-20)13(22)19-21-14(23)10-7-2-3-8(11(10)15(21)24)16(7)4-5-16/h2-3,6-8,10-11H,4-5H2,1H3,(H,19,22)/t7-,8+,10-,11+. The monoisotopic (exact) mass is 346 g/mol. The van der Waals surface area contributed by atoms with Crippen molar-refractivity contribution in [2.24, 2.45) is 36.1 Å². The number of amides is 3. The summed E-state index contributed by atoms with van der Waals surface area (Å²) >= 11 is 5.95.